The van der Waals surface area contributed by atoms with E-state index in [0.717, 1.165) is 10.5 Å². The number of urea groups is 2. The highest BCUT2D eigenvalue weighted by Gasteiger charge is 2.13. The zero-order valence-corrected chi connectivity index (χ0v) is 8.65. The van der Waals surface area contributed by atoms with Crippen LogP contribution >= 0.6 is 0 Å². The molecule has 0 aromatic heterocycles. The number of para-hydroxylation sites is 1. The summed E-state index contributed by atoms with van der Waals surface area (Å²) in [6.07, 6.45) is 0. The minimum Gasteiger partial charge on any atom is -0.351 e. The summed E-state index contributed by atoms with van der Waals surface area (Å²) in [6.45, 7) is 1.86. The molecule has 80 valence electrons. The number of aryl methyl sites for hydroxylation is 1. The first-order valence-electron chi connectivity index (χ1n) is 4.42. The first kappa shape index (κ1) is 11.0. The van der Waals surface area contributed by atoms with Gasteiger partial charge >= 0.3 is 12.1 Å². The average Bonchev–Trinajstić information content (AvgIpc) is 2.20. The van der Waals surface area contributed by atoms with Gasteiger partial charge in [-0.1, -0.05) is 18.2 Å². The molecule has 5 nitrogen and oxygen atoms in total. The molecule has 0 spiro atoms. The number of primary amides is 1. The lowest BCUT2D eigenvalue weighted by atomic mass is 10.2. The molecule has 1 aromatic carbocycles. The van der Waals surface area contributed by atoms with Crippen LogP contribution in [-0.2, 0) is 0 Å². The summed E-state index contributed by atoms with van der Waals surface area (Å²) in [5.74, 6) is 0. The molecular formula is C10H13N3O2. The molecule has 0 fully saturated rings. The summed E-state index contributed by atoms with van der Waals surface area (Å²) < 4.78 is 0. The Kier molecular flexibility index (Phi) is 3.28. The highest BCUT2D eigenvalue weighted by atomic mass is 16.2. The van der Waals surface area contributed by atoms with E-state index in [-0.39, 0.29) is 0 Å². The van der Waals surface area contributed by atoms with Gasteiger partial charge in [-0.3, -0.25) is 0 Å². The summed E-state index contributed by atoms with van der Waals surface area (Å²) in [5, 5.41) is 2.58. The smallest absolute Gasteiger partial charge is 0.329 e. The molecule has 0 radical (unpaired) electrons. The van der Waals surface area contributed by atoms with Gasteiger partial charge in [-0.25, -0.2) is 14.5 Å². The maximum atomic E-state index is 11.4. The Hall–Kier alpha value is -2.04. The van der Waals surface area contributed by atoms with Crippen LogP contribution in [0.3, 0.4) is 0 Å². The molecular weight excluding hydrogens is 194 g/mol. The van der Waals surface area contributed by atoms with Gasteiger partial charge in [0.2, 0.25) is 0 Å². The highest BCUT2D eigenvalue weighted by Crippen LogP contribution is 2.13. The molecule has 1 aromatic rings. The largest absolute Gasteiger partial charge is 0.351 e. The number of nitrogens with two attached hydrogens (primary N) is 1. The van der Waals surface area contributed by atoms with E-state index in [1.165, 1.54) is 7.05 Å². The minimum absolute atomic E-state index is 0.545. The molecule has 0 aliphatic carbocycles. The third-order valence-electron chi connectivity index (χ3n) is 2.02. The number of anilines is 1. The van der Waals surface area contributed by atoms with Crippen LogP contribution in [0, 0.1) is 6.92 Å². The van der Waals surface area contributed by atoms with Gasteiger partial charge in [-0.15, -0.1) is 0 Å². The Balaban J connectivity index is 2.75. The molecule has 0 saturated heterocycles. The van der Waals surface area contributed by atoms with Crippen LogP contribution in [0.25, 0.3) is 0 Å². The van der Waals surface area contributed by atoms with Crippen molar-refractivity contribution in [1.29, 1.82) is 0 Å². The first-order valence-corrected chi connectivity index (χ1v) is 4.42. The molecule has 1 rings (SSSR count). The van der Waals surface area contributed by atoms with E-state index in [0.29, 0.717) is 5.69 Å². The Morgan fingerprint density at radius 2 is 1.93 bits per heavy atom. The normalized spacial score (nSPS) is 9.47. The van der Waals surface area contributed by atoms with Crippen molar-refractivity contribution in [2.45, 2.75) is 6.92 Å². The molecule has 5 heteroatoms. The van der Waals surface area contributed by atoms with E-state index in [4.69, 9.17) is 5.73 Å². The number of hydrogen-bond donors (Lipinski definition) is 2. The van der Waals surface area contributed by atoms with Crippen molar-refractivity contribution < 1.29 is 9.59 Å². The fourth-order valence-electron chi connectivity index (χ4n) is 1.01. The molecule has 0 bridgehead atoms. The molecule has 4 amide bonds. The van der Waals surface area contributed by atoms with E-state index < -0.39 is 12.1 Å². The lowest BCUT2D eigenvalue weighted by molar-refractivity contribution is 0.208. The number of nitrogens with zero attached hydrogens (tertiary/aromatic N) is 1. The van der Waals surface area contributed by atoms with Crippen LogP contribution in [-0.4, -0.2) is 24.0 Å². The van der Waals surface area contributed by atoms with Crippen LogP contribution in [0.4, 0.5) is 15.3 Å². The number of nitrogens with one attached hydrogen (secondary N) is 1. The minimum atomic E-state index is -0.791. The Morgan fingerprint density at radius 1 is 1.33 bits per heavy atom. The van der Waals surface area contributed by atoms with Crippen molar-refractivity contribution in [3.63, 3.8) is 0 Å². The Bertz CT molecular complexity index is 390. The van der Waals surface area contributed by atoms with Gasteiger partial charge in [0.05, 0.1) is 0 Å². The van der Waals surface area contributed by atoms with E-state index in [9.17, 15) is 9.59 Å². The zero-order chi connectivity index (χ0) is 11.4. The predicted molar refractivity (Wildman–Crippen MR) is 57.5 cm³/mol. The summed E-state index contributed by atoms with van der Waals surface area (Å²) >= 11 is 0. The molecule has 0 aliphatic heterocycles. The van der Waals surface area contributed by atoms with Gasteiger partial charge in [-0.05, 0) is 18.6 Å². The number of rotatable bonds is 1. The fourth-order valence-corrected chi connectivity index (χ4v) is 1.01. The molecule has 0 saturated carbocycles. The molecule has 15 heavy (non-hydrogen) atoms. The van der Waals surface area contributed by atoms with E-state index >= 15 is 0 Å². The van der Waals surface area contributed by atoms with Gasteiger partial charge in [0.1, 0.15) is 0 Å². The molecule has 0 heterocycles. The maximum absolute atomic E-state index is 11.4. The number of imide groups is 1. The molecule has 3 N–H and O–H groups in total. The maximum Gasteiger partial charge on any atom is 0.329 e. The fraction of sp³-hybridized carbons (Fsp3) is 0.200. The van der Waals surface area contributed by atoms with Crippen molar-refractivity contribution in [3.05, 3.63) is 29.8 Å². The summed E-state index contributed by atoms with van der Waals surface area (Å²) in [4.78, 5) is 22.9. The predicted octanol–water partition coefficient (Wildman–Crippen LogP) is 1.54. The average molecular weight is 207 g/mol. The second-order valence-corrected chi connectivity index (χ2v) is 3.14. The van der Waals surface area contributed by atoms with Crippen molar-refractivity contribution in [2.24, 2.45) is 5.73 Å². The second kappa shape index (κ2) is 4.45. The SMILES string of the molecule is Cc1ccccc1NC(=O)N(C)C(N)=O. The molecule has 0 atom stereocenters. The van der Waals surface area contributed by atoms with Gasteiger partial charge in [0, 0.05) is 12.7 Å². The Morgan fingerprint density at radius 3 is 2.47 bits per heavy atom. The Labute approximate surface area is 87.9 Å². The first-order chi connectivity index (χ1) is 7.02. The molecule has 0 unspecified atom stereocenters. The topological polar surface area (TPSA) is 75.4 Å². The highest BCUT2D eigenvalue weighted by molar-refractivity contribution is 6.00. The van der Waals surface area contributed by atoms with Crippen LogP contribution in [0.1, 0.15) is 5.56 Å². The summed E-state index contributed by atoms with van der Waals surface area (Å²) in [7, 11) is 1.32. The van der Waals surface area contributed by atoms with Crippen LogP contribution in [0.5, 0.6) is 0 Å². The van der Waals surface area contributed by atoms with Crippen LogP contribution < -0.4 is 11.1 Å². The second-order valence-electron chi connectivity index (χ2n) is 3.14. The zero-order valence-electron chi connectivity index (χ0n) is 8.65. The number of carbonyl (C=O) groups is 2. The van der Waals surface area contributed by atoms with Crippen molar-refractivity contribution in [3.8, 4) is 0 Å². The van der Waals surface area contributed by atoms with Crippen molar-refractivity contribution in [2.75, 3.05) is 12.4 Å². The quantitative estimate of drug-likeness (QED) is 0.732. The van der Waals surface area contributed by atoms with E-state index in [1.54, 1.807) is 12.1 Å². The van der Waals surface area contributed by atoms with Crippen molar-refractivity contribution >= 4 is 17.7 Å². The van der Waals surface area contributed by atoms with E-state index in [2.05, 4.69) is 5.32 Å². The van der Waals surface area contributed by atoms with E-state index in [1.807, 2.05) is 19.1 Å². The third-order valence-corrected chi connectivity index (χ3v) is 2.02. The number of carbonyl (C=O) groups excluding carboxylic acids is 2. The number of amides is 4. The number of benzene rings is 1. The van der Waals surface area contributed by atoms with Crippen molar-refractivity contribution in [1.82, 2.24) is 4.90 Å². The van der Waals surface area contributed by atoms with Gasteiger partial charge in [0.15, 0.2) is 0 Å². The third kappa shape index (κ3) is 2.70. The van der Waals surface area contributed by atoms with Crippen LogP contribution in [0.15, 0.2) is 24.3 Å². The summed E-state index contributed by atoms with van der Waals surface area (Å²) in [6, 6.07) is 5.94. The number of hydrogen-bond acceptors (Lipinski definition) is 2. The van der Waals surface area contributed by atoms with Gasteiger partial charge in [-0.2, -0.15) is 0 Å². The lowest BCUT2D eigenvalue weighted by Crippen LogP contribution is -2.40. The van der Waals surface area contributed by atoms with Gasteiger partial charge in [0.25, 0.3) is 0 Å². The lowest BCUT2D eigenvalue weighted by Gasteiger charge is -2.14. The van der Waals surface area contributed by atoms with Gasteiger partial charge < -0.3 is 11.1 Å². The summed E-state index contributed by atoms with van der Waals surface area (Å²) in [5.41, 5.74) is 6.54. The van der Waals surface area contributed by atoms with Crippen LogP contribution in [0.2, 0.25) is 0 Å². The standard InChI is InChI=1S/C10H13N3O2/c1-7-5-3-4-6-8(7)12-10(15)13(2)9(11)14/h3-6H,1-2H3,(H2,11,14)(H,12,15). The molecule has 0 aliphatic rings. The monoisotopic (exact) mass is 207 g/mol.